The van der Waals surface area contributed by atoms with Crippen LogP contribution in [0.4, 0.5) is 0 Å². The van der Waals surface area contributed by atoms with Crippen molar-refractivity contribution in [3.8, 4) is 0 Å². The number of amides is 1. The van der Waals surface area contributed by atoms with Crippen molar-refractivity contribution in [2.75, 3.05) is 0 Å². The molecule has 0 bridgehead atoms. The van der Waals surface area contributed by atoms with Crippen molar-refractivity contribution in [2.45, 2.75) is 68.9 Å². The summed E-state index contributed by atoms with van der Waals surface area (Å²) in [6.45, 7) is 4.99. The largest absolute Gasteiger partial charge is 0.352 e. The van der Waals surface area contributed by atoms with Crippen LogP contribution in [-0.2, 0) is 11.3 Å². The number of carbonyl (C=O) groups excluding carboxylic acids is 1. The molecule has 130 valence electrons. The van der Waals surface area contributed by atoms with E-state index in [1.807, 2.05) is 25.1 Å². The fourth-order valence-corrected chi connectivity index (χ4v) is 4.34. The van der Waals surface area contributed by atoms with Gasteiger partial charge in [0.25, 0.3) is 0 Å². The highest BCUT2D eigenvalue weighted by Crippen LogP contribution is 2.29. The third-order valence-corrected chi connectivity index (χ3v) is 5.80. The van der Waals surface area contributed by atoms with Crippen molar-refractivity contribution >= 4 is 40.3 Å². The Balaban J connectivity index is 1.77. The van der Waals surface area contributed by atoms with E-state index in [4.69, 9.17) is 16.6 Å². The summed E-state index contributed by atoms with van der Waals surface area (Å²) in [6, 6.07) is 6.14. The maximum Gasteiger partial charge on any atom is 0.233 e. The maximum absolute atomic E-state index is 12.5. The first-order chi connectivity index (χ1) is 11.6. The molecular weight excluding hydrogens is 342 g/mol. The monoisotopic (exact) mass is 365 g/mol. The number of aromatic nitrogens is 2. The predicted molar refractivity (Wildman–Crippen MR) is 101 cm³/mol. The molecule has 1 aromatic carbocycles. The molecule has 1 amide bonds. The first-order valence-corrected chi connectivity index (χ1v) is 9.97. The van der Waals surface area contributed by atoms with E-state index in [0.29, 0.717) is 11.1 Å². The number of nitrogens with zero attached hydrogens (tertiary/aromatic N) is 2. The molecule has 1 unspecified atom stereocenters. The van der Waals surface area contributed by atoms with Crippen LogP contribution < -0.4 is 5.32 Å². The minimum Gasteiger partial charge on any atom is -0.352 e. The number of fused-ring (bicyclic) bond motifs is 1. The highest BCUT2D eigenvalue weighted by Gasteiger charge is 2.23. The van der Waals surface area contributed by atoms with Crippen LogP contribution in [0.1, 0.15) is 46.0 Å². The molecule has 1 N–H and O–H groups in total. The standard InChI is InChI=1S/C18H24ClN3OS/c1-3-10-22-16-9-8-13(19)11-15(16)21-18(22)24-12(2)17(23)20-14-6-4-5-7-14/h8-9,11-12,14H,3-7,10H2,1-2H3,(H,20,23). The van der Waals surface area contributed by atoms with Gasteiger partial charge in [-0.1, -0.05) is 43.1 Å². The SMILES string of the molecule is CCCn1c(SC(C)C(=O)NC2CCCC2)nc2cc(Cl)ccc21. The van der Waals surface area contributed by atoms with Crippen LogP contribution in [-0.4, -0.2) is 26.8 Å². The first-order valence-electron chi connectivity index (χ1n) is 8.71. The van der Waals surface area contributed by atoms with E-state index in [1.165, 1.54) is 24.6 Å². The molecule has 1 aromatic heterocycles. The van der Waals surface area contributed by atoms with Gasteiger partial charge in [0.2, 0.25) is 5.91 Å². The molecule has 1 heterocycles. The third kappa shape index (κ3) is 3.89. The van der Waals surface area contributed by atoms with Gasteiger partial charge in [0.1, 0.15) is 0 Å². The summed E-state index contributed by atoms with van der Waals surface area (Å²) >= 11 is 7.62. The normalized spacial score (nSPS) is 16.6. The summed E-state index contributed by atoms with van der Waals surface area (Å²) in [5, 5.41) is 4.60. The van der Waals surface area contributed by atoms with Gasteiger partial charge in [-0.15, -0.1) is 0 Å². The van der Waals surface area contributed by atoms with E-state index >= 15 is 0 Å². The van der Waals surface area contributed by atoms with Gasteiger partial charge in [0.05, 0.1) is 16.3 Å². The molecule has 2 aromatic rings. The Morgan fingerprint density at radius 3 is 2.92 bits per heavy atom. The van der Waals surface area contributed by atoms with Crippen LogP contribution in [0.5, 0.6) is 0 Å². The number of carbonyl (C=O) groups is 1. The van der Waals surface area contributed by atoms with E-state index in [2.05, 4.69) is 16.8 Å². The molecule has 1 saturated carbocycles. The fraction of sp³-hybridized carbons (Fsp3) is 0.556. The van der Waals surface area contributed by atoms with Crippen molar-refractivity contribution in [1.82, 2.24) is 14.9 Å². The van der Waals surface area contributed by atoms with Gasteiger partial charge < -0.3 is 9.88 Å². The van der Waals surface area contributed by atoms with Gasteiger partial charge in [0.15, 0.2) is 5.16 Å². The molecule has 3 rings (SSSR count). The second-order valence-electron chi connectivity index (χ2n) is 6.43. The molecule has 1 aliphatic rings. The van der Waals surface area contributed by atoms with Gasteiger partial charge in [-0.3, -0.25) is 4.79 Å². The quantitative estimate of drug-likeness (QED) is 0.758. The van der Waals surface area contributed by atoms with Gasteiger partial charge in [0, 0.05) is 17.6 Å². The summed E-state index contributed by atoms with van der Waals surface area (Å²) < 4.78 is 2.19. The van der Waals surface area contributed by atoms with Crippen molar-refractivity contribution in [2.24, 2.45) is 0 Å². The highest BCUT2D eigenvalue weighted by molar-refractivity contribution is 8.00. The Morgan fingerprint density at radius 1 is 1.46 bits per heavy atom. The summed E-state index contributed by atoms with van der Waals surface area (Å²) in [6.07, 6.45) is 5.68. The second kappa shape index (κ2) is 7.79. The van der Waals surface area contributed by atoms with E-state index in [9.17, 15) is 4.79 Å². The van der Waals surface area contributed by atoms with Crippen LogP contribution >= 0.6 is 23.4 Å². The lowest BCUT2D eigenvalue weighted by atomic mass is 10.2. The fourth-order valence-electron chi connectivity index (χ4n) is 3.21. The molecule has 0 spiro atoms. The van der Waals surface area contributed by atoms with E-state index < -0.39 is 0 Å². The summed E-state index contributed by atoms with van der Waals surface area (Å²) in [7, 11) is 0. The first kappa shape index (κ1) is 17.6. The van der Waals surface area contributed by atoms with Crippen molar-refractivity contribution < 1.29 is 4.79 Å². The molecule has 0 aliphatic heterocycles. The van der Waals surface area contributed by atoms with Gasteiger partial charge in [-0.25, -0.2) is 4.98 Å². The molecular formula is C18H24ClN3OS. The Labute approximate surface area is 152 Å². The van der Waals surface area contributed by atoms with Crippen molar-refractivity contribution in [1.29, 1.82) is 0 Å². The molecule has 0 saturated heterocycles. The third-order valence-electron chi connectivity index (χ3n) is 4.48. The van der Waals surface area contributed by atoms with Crippen LogP contribution in [0, 0.1) is 0 Å². The van der Waals surface area contributed by atoms with E-state index in [1.54, 1.807) is 0 Å². The Hall–Kier alpha value is -1.20. The predicted octanol–water partition coefficient (Wildman–Crippen LogP) is 4.64. The molecule has 6 heteroatoms. The summed E-state index contributed by atoms with van der Waals surface area (Å²) in [5.74, 6) is 0.111. The lowest BCUT2D eigenvalue weighted by Gasteiger charge is -2.16. The average Bonchev–Trinajstić information content (AvgIpc) is 3.16. The number of nitrogens with one attached hydrogen (secondary N) is 1. The Bertz CT molecular complexity index is 724. The molecule has 24 heavy (non-hydrogen) atoms. The number of hydrogen-bond acceptors (Lipinski definition) is 3. The van der Waals surface area contributed by atoms with Gasteiger partial charge >= 0.3 is 0 Å². The van der Waals surface area contributed by atoms with Gasteiger partial charge in [-0.2, -0.15) is 0 Å². The minimum atomic E-state index is -0.159. The number of halogens is 1. The topological polar surface area (TPSA) is 46.9 Å². The van der Waals surface area contributed by atoms with Crippen LogP contribution in [0.25, 0.3) is 11.0 Å². The van der Waals surface area contributed by atoms with Crippen LogP contribution in [0.15, 0.2) is 23.4 Å². The average molecular weight is 366 g/mol. The number of benzene rings is 1. The second-order valence-corrected chi connectivity index (χ2v) is 8.17. The Morgan fingerprint density at radius 2 is 2.21 bits per heavy atom. The summed E-state index contributed by atoms with van der Waals surface area (Å²) in [5.41, 5.74) is 1.97. The van der Waals surface area contributed by atoms with Crippen molar-refractivity contribution in [3.63, 3.8) is 0 Å². The Kier molecular flexibility index (Phi) is 5.72. The van der Waals surface area contributed by atoms with Crippen molar-refractivity contribution in [3.05, 3.63) is 23.2 Å². The molecule has 1 atom stereocenters. The maximum atomic E-state index is 12.5. The number of aryl methyl sites for hydroxylation is 1. The molecule has 1 fully saturated rings. The lowest BCUT2D eigenvalue weighted by molar-refractivity contribution is -0.120. The minimum absolute atomic E-state index is 0.111. The summed E-state index contributed by atoms with van der Waals surface area (Å²) in [4.78, 5) is 17.2. The zero-order chi connectivity index (χ0) is 17.1. The number of rotatable bonds is 6. The number of hydrogen-bond donors (Lipinski definition) is 1. The van der Waals surface area contributed by atoms with Crippen LogP contribution in [0.3, 0.4) is 0 Å². The number of imidazole rings is 1. The van der Waals surface area contributed by atoms with E-state index in [-0.39, 0.29) is 11.2 Å². The number of thioether (sulfide) groups is 1. The zero-order valence-electron chi connectivity index (χ0n) is 14.2. The smallest absolute Gasteiger partial charge is 0.233 e. The highest BCUT2D eigenvalue weighted by atomic mass is 35.5. The molecule has 1 aliphatic carbocycles. The molecule has 4 nitrogen and oxygen atoms in total. The van der Waals surface area contributed by atoms with Crippen LogP contribution in [0.2, 0.25) is 5.02 Å². The lowest BCUT2D eigenvalue weighted by Crippen LogP contribution is -2.37. The van der Waals surface area contributed by atoms with Gasteiger partial charge in [-0.05, 0) is 44.4 Å². The van der Waals surface area contributed by atoms with E-state index in [0.717, 1.165) is 42.0 Å². The molecule has 0 radical (unpaired) electrons. The zero-order valence-corrected chi connectivity index (χ0v) is 15.8.